The van der Waals surface area contributed by atoms with Crippen LogP contribution in [0.15, 0.2) is 46.9 Å². The molecule has 184 valence electrons. The number of halogens is 2. The van der Waals surface area contributed by atoms with Crippen molar-refractivity contribution < 1.29 is 14.3 Å². The van der Waals surface area contributed by atoms with Crippen LogP contribution in [0.2, 0.25) is 10.0 Å². The van der Waals surface area contributed by atoms with E-state index in [1.165, 1.54) is 6.20 Å². The van der Waals surface area contributed by atoms with Crippen LogP contribution < -0.4 is 21.7 Å². The molecule has 1 aromatic carbocycles. The molecule has 1 atom stereocenters. The largest absolute Gasteiger partial charge is 0.404 e. The monoisotopic (exact) mass is 499 g/mol. The Hall–Kier alpha value is -2.10. The highest BCUT2D eigenvalue weighted by atomic mass is 35.5. The number of amides is 1. The summed E-state index contributed by atoms with van der Waals surface area (Å²) < 4.78 is 10.9. The van der Waals surface area contributed by atoms with Crippen molar-refractivity contribution >= 4 is 34.8 Å². The number of carbonyl (C=O) groups excluding carboxylic acids is 1. The van der Waals surface area contributed by atoms with Crippen molar-refractivity contribution in [1.29, 1.82) is 0 Å². The first-order chi connectivity index (χ1) is 15.9. The second-order valence-electron chi connectivity index (χ2n) is 7.17. The normalized spacial score (nSPS) is 13.7. The Morgan fingerprint density at radius 1 is 1.30 bits per heavy atom. The van der Waals surface area contributed by atoms with Gasteiger partial charge in [-0.15, -0.1) is 0 Å². The van der Waals surface area contributed by atoms with Gasteiger partial charge in [0.25, 0.3) is 5.91 Å². The van der Waals surface area contributed by atoms with Gasteiger partial charge >= 0.3 is 0 Å². The van der Waals surface area contributed by atoms with Crippen LogP contribution in [-0.4, -0.2) is 58.2 Å². The molecule has 0 bridgehead atoms. The molecule has 0 radical (unpaired) electrons. The fourth-order valence-electron chi connectivity index (χ4n) is 2.81. The maximum atomic E-state index is 12.9. The molecular formula is C23H35Cl2N5O3. The molecule has 0 aliphatic rings. The van der Waals surface area contributed by atoms with E-state index in [0.29, 0.717) is 54.3 Å². The second-order valence-corrected chi connectivity index (χ2v) is 7.98. The molecule has 0 fully saturated rings. The first-order valence-electron chi connectivity index (χ1n) is 10.7. The number of likely N-dealkylation sites (N-methyl/N-ethyl adjacent to an activating group) is 1. The molecule has 10 heteroatoms. The number of rotatable bonds is 15. The van der Waals surface area contributed by atoms with Crippen molar-refractivity contribution in [1.82, 2.24) is 16.0 Å². The number of benzene rings is 1. The van der Waals surface area contributed by atoms with Gasteiger partial charge in [-0.05, 0) is 55.9 Å². The van der Waals surface area contributed by atoms with Gasteiger partial charge in [0.15, 0.2) is 0 Å². The molecule has 0 saturated carbocycles. The number of allylic oxidation sites excluding steroid dienone is 1. The third kappa shape index (κ3) is 11.0. The molecular weight excluding hydrogens is 465 g/mol. The number of hydrogen-bond donors (Lipinski definition) is 4. The average molecular weight is 500 g/mol. The summed E-state index contributed by atoms with van der Waals surface area (Å²) in [5.74, 6) is 0.204. The number of ether oxygens (including phenoxy) is 2. The highest BCUT2D eigenvalue weighted by molar-refractivity contribution is 6.45. The van der Waals surface area contributed by atoms with E-state index < -0.39 is 0 Å². The molecule has 0 aliphatic carbocycles. The number of aliphatic imine (C=N–C) groups is 1. The minimum atomic E-state index is -0.362. The van der Waals surface area contributed by atoms with Crippen LogP contribution in [0, 0.1) is 0 Å². The number of methoxy groups -OCH3 is 1. The lowest BCUT2D eigenvalue weighted by atomic mass is 10.2. The molecule has 1 aromatic rings. The van der Waals surface area contributed by atoms with Gasteiger partial charge in [-0.3, -0.25) is 9.79 Å². The Morgan fingerprint density at radius 3 is 2.67 bits per heavy atom. The topological polar surface area (TPSA) is 110 Å². The lowest BCUT2D eigenvalue weighted by Crippen LogP contribution is -2.37. The van der Waals surface area contributed by atoms with Gasteiger partial charge in [-0.2, -0.15) is 0 Å². The quantitative estimate of drug-likeness (QED) is 0.218. The van der Waals surface area contributed by atoms with Crippen LogP contribution in [0.25, 0.3) is 0 Å². The molecule has 5 N–H and O–H groups in total. The van der Waals surface area contributed by atoms with Crippen molar-refractivity contribution in [3.63, 3.8) is 0 Å². The van der Waals surface area contributed by atoms with E-state index in [0.717, 1.165) is 12.0 Å². The van der Waals surface area contributed by atoms with E-state index in [9.17, 15) is 4.79 Å². The van der Waals surface area contributed by atoms with Crippen LogP contribution in [0.5, 0.6) is 0 Å². The van der Waals surface area contributed by atoms with Crippen molar-refractivity contribution in [3.8, 4) is 0 Å². The Morgan fingerprint density at radius 2 is 2.06 bits per heavy atom. The zero-order valence-corrected chi connectivity index (χ0v) is 21.2. The van der Waals surface area contributed by atoms with E-state index in [4.69, 9.17) is 38.4 Å². The third-order valence-corrected chi connectivity index (χ3v) is 5.20. The molecule has 0 aromatic heterocycles. The van der Waals surface area contributed by atoms with Gasteiger partial charge in [0.1, 0.15) is 11.5 Å². The number of nitrogens with one attached hydrogen (secondary N) is 3. The standard InChI is InChI=1S/C23H35Cl2N5O3/c1-5-6-21(29-13-17-7-8-19(24)20(25)11-17)30-23(31)22(16(2)12-26)28-9-10-33-18(14-27-3)15-32-4/h6-8,11-12,18,27,29H,5,9-10,13-15,26H2,1-4H3,(H,30,31)/b16-12?,21-6+,28-22?. The summed E-state index contributed by atoms with van der Waals surface area (Å²) in [6, 6.07) is 5.38. The van der Waals surface area contributed by atoms with Crippen molar-refractivity contribution in [2.45, 2.75) is 32.9 Å². The van der Waals surface area contributed by atoms with E-state index in [2.05, 4.69) is 20.9 Å². The van der Waals surface area contributed by atoms with E-state index in [-0.39, 0.29) is 17.7 Å². The van der Waals surface area contributed by atoms with Crippen LogP contribution in [-0.2, 0) is 20.8 Å². The van der Waals surface area contributed by atoms with Gasteiger partial charge in [0.05, 0.1) is 35.9 Å². The summed E-state index contributed by atoms with van der Waals surface area (Å²) in [7, 11) is 3.47. The average Bonchev–Trinajstić information content (AvgIpc) is 2.79. The lowest BCUT2D eigenvalue weighted by molar-refractivity contribution is -0.114. The summed E-state index contributed by atoms with van der Waals surface area (Å²) >= 11 is 12.1. The summed E-state index contributed by atoms with van der Waals surface area (Å²) in [5.41, 5.74) is 7.40. The lowest BCUT2D eigenvalue weighted by Gasteiger charge is -2.16. The molecule has 8 nitrogen and oxygen atoms in total. The Bertz CT molecular complexity index is 837. The molecule has 1 rings (SSSR count). The minimum Gasteiger partial charge on any atom is -0.404 e. The minimum absolute atomic E-state index is 0.0942. The number of hydrogen-bond acceptors (Lipinski definition) is 7. The smallest absolute Gasteiger partial charge is 0.275 e. The van der Waals surface area contributed by atoms with E-state index in [1.807, 2.05) is 26.1 Å². The highest BCUT2D eigenvalue weighted by Gasteiger charge is 2.15. The van der Waals surface area contributed by atoms with Gasteiger partial charge in [-0.1, -0.05) is 36.2 Å². The maximum Gasteiger partial charge on any atom is 0.275 e. The highest BCUT2D eigenvalue weighted by Crippen LogP contribution is 2.22. The fraction of sp³-hybridized carbons (Fsp3) is 0.478. The zero-order chi connectivity index (χ0) is 24.6. The van der Waals surface area contributed by atoms with Crippen LogP contribution in [0.1, 0.15) is 25.8 Å². The fourth-order valence-corrected chi connectivity index (χ4v) is 3.13. The van der Waals surface area contributed by atoms with Gasteiger partial charge in [-0.25, -0.2) is 0 Å². The molecule has 0 saturated heterocycles. The summed E-state index contributed by atoms with van der Waals surface area (Å²) in [4.78, 5) is 17.4. The molecule has 33 heavy (non-hydrogen) atoms. The molecule has 0 aliphatic heterocycles. The number of nitrogens with zero attached hydrogens (tertiary/aromatic N) is 1. The van der Waals surface area contributed by atoms with E-state index >= 15 is 0 Å². The SMILES string of the molecule is CC/C=C(\NCc1ccc(Cl)c(Cl)c1)NC(=O)C(=NCCOC(CNC)COC)C(C)=CN. The van der Waals surface area contributed by atoms with Gasteiger partial charge < -0.3 is 31.2 Å². The summed E-state index contributed by atoms with van der Waals surface area (Å²) in [5, 5.41) is 10.1. The van der Waals surface area contributed by atoms with Crippen molar-refractivity contribution in [2.75, 3.05) is 40.5 Å². The Kier molecular flexibility index (Phi) is 14.5. The Balaban J connectivity index is 2.79. The third-order valence-electron chi connectivity index (χ3n) is 4.46. The maximum absolute atomic E-state index is 12.9. The first kappa shape index (κ1) is 28.9. The van der Waals surface area contributed by atoms with E-state index in [1.54, 1.807) is 26.2 Å². The van der Waals surface area contributed by atoms with Crippen LogP contribution in [0.3, 0.4) is 0 Å². The molecule has 0 heterocycles. The van der Waals surface area contributed by atoms with Crippen LogP contribution >= 0.6 is 23.2 Å². The van der Waals surface area contributed by atoms with Crippen molar-refractivity contribution in [2.24, 2.45) is 10.7 Å². The molecule has 1 amide bonds. The summed E-state index contributed by atoms with van der Waals surface area (Å²) in [6.45, 7) is 5.95. The number of nitrogens with two attached hydrogens (primary N) is 1. The molecule has 0 spiro atoms. The van der Waals surface area contributed by atoms with Crippen molar-refractivity contribution in [3.05, 3.63) is 57.5 Å². The van der Waals surface area contributed by atoms with Gasteiger partial charge in [0.2, 0.25) is 0 Å². The second kappa shape index (κ2) is 16.5. The molecule has 1 unspecified atom stereocenters. The van der Waals surface area contributed by atoms with Crippen LogP contribution in [0.4, 0.5) is 0 Å². The summed E-state index contributed by atoms with van der Waals surface area (Å²) in [6.07, 6.45) is 3.87. The predicted molar refractivity (Wildman–Crippen MR) is 136 cm³/mol. The zero-order valence-electron chi connectivity index (χ0n) is 19.7. The Labute approximate surface area is 206 Å². The number of carbonyl (C=O) groups is 1. The predicted octanol–water partition coefficient (Wildman–Crippen LogP) is 3.01. The van der Waals surface area contributed by atoms with Gasteiger partial charge in [0, 0.05) is 20.2 Å². The first-order valence-corrected chi connectivity index (χ1v) is 11.5.